The van der Waals surface area contributed by atoms with Gasteiger partial charge < -0.3 is 15.1 Å². The van der Waals surface area contributed by atoms with Crippen LogP contribution in [-0.2, 0) is 9.59 Å². The number of hydrogen-bond donors (Lipinski definition) is 1. The first-order valence-electron chi connectivity index (χ1n) is 8.77. The number of amides is 2. The Kier molecular flexibility index (Phi) is 6.47. The molecule has 0 aliphatic carbocycles. The molecule has 1 spiro atoms. The molecule has 1 aromatic rings. The summed E-state index contributed by atoms with van der Waals surface area (Å²) in [6, 6.07) is 10.1. The fourth-order valence-electron chi connectivity index (χ4n) is 4.23. The number of benzene rings is 1. The summed E-state index contributed by atoms with van der Waals surface area (Å²) in [5, 5.41) is 2.93. The van der Waals surface area contributed by atoms with E-state index in [4.69, 9.17) is 0 Å². The van der Waals surface area contributed by atoms with Crippen LogP contribution in [0.5, 0.6) is 0 Å². The van der Waals surface area contributed by atoms with Crippen molar-refractivity contribution in [2.45, 2.75) is 25.2 Å². The highest BCUT2D eigenvalue weighted by molar-refractivity contribution is 5.85. The van der Waals surface area contributed by atoms with E-state index in [1.807, 2.05) is 35.0 Å². The SMILES string of the molecule is CNCC(=O)N1CCC2(CC1)CC(c1ccccc1)C(=O)N(C)C2.Cl. The first-order chi connectivity index (χ1) is 11.5. The van der Waals surface area contributed by atoms with Crippen molar-refractivity contribution in [1.29, 1.82) is 0 Å². The van der Waals surface area contributed by atoms with Crippen molar-refractivity contribution in [1.82, 2.24) is 15.1 Å². The summed E-state index contributed by atoms with van der Waals surface area (Å²) in [5.74, 6) is 0.345. The molecule has 0 radical (unpaired) electrons. The number of nitrogens with zero attached hydrogens (tertiary/aromatic N) is 2. The van der Waals surface area contributed by atoms with Crippen molar-refractivity contribution in [3.05, 3.63) is 35.9 Å². The van der Waals surface area contributed by atoms with Crippen LogP contribution < -0.4 is 5.32 Å². The van der Waals surface area contributed by atoms with Crippen LogP contribution in [0, 0.1) is 5.41 Å². The third-order valence-corrected chi connectivity index (χ3v) is 5.59. The van der Waals surface area contributed by atoms with E-state index in [1.165, 1.54) is 0 Å². The lowest BCUT2D eigenvalue weighted by atomic mass is 9.67. The summed E-state index contributed by atoms with van der Waals surface area (Å²) in [5.41, 5.74) is 1.25. The van der Waals surface area contributed by atoms with Gasteiger partial charge in [0.25, 0.3) is 0 Å². The molecule has 2 amide bonds. The zero-order valence-electron chi connectivity index (χ0n) is 15.0. The molecule has 3 rings (SSSR count). The maximum Gasteiger partial charge on any atom is 0.236 e. The van der Waals surface area contributed by atoms with E-state index in [9.17, 15) is 9.59 Å². The summed E-state index contributed by atoms with van der Waals surface area (Å²) in [6.07, 6.45) is 2.85. The number of nitrogens with one attached hydrogen (secondary N) is 1. The molecule has 0 aromatic heterocycles. The molecule has 1 unspecified atom stereocenters. The van der Waals surface area contributed by atoms with E-state index in [1.54, 1.807) is 7.05 Å². The smallest absolute Gasteiger partial charge is 0.236 e. The van der Waals surface area contributed by atoms with Crippen LogP contribution in [0.1, 0.15) is 30.7 Å². The van der Waals surface area contributed by atoms with Gasteiger partial charge in [0, 0.05) is 26.7 Å². The molecule has 6 heteroatoms. The van der Waals surface area contributed by atoms with Gasteiger partial charge in [-0.2, -0.15) is 0 Å². The van der Waals surface area contributed by atoms with Gasteiger partial charge >= 0.3 is 0 Å². The molecule has 2 fully saturated rings. The monoisotopic (exact) mass is 365 g/mol. The number of piperidine rings is 2. The van der Waals surface area contributed by atoms with Crippen molar-refractivity contribution in [2.24, 2.45) is 5.41 Å². The predicted octanol–water partition coefficient (Wildman–Crippen LogP) is 1.88. The Balaban J connectivity index is 0.00000225. The van der Waals surface area contributed by atoms with E-state index >= 15 is 0 Å². The summed E-state index contributed by atoms with van der Waals surface area (Å²) in [6.45, 7) is 2.80. The van der Waals surface area contributed by atoms with Crippen LogP contribution in [0.2, 0.25) is 0 Å². The number of carbonyl (C=O) groups is 2. The van der Waals surface area contributed by atoms with Crippen molar-refractivity contribution < 1.29 is 9.59 Å². The summed E-state index contributed by atoms with van der Waals surface area (Å²) >= 11 is 0. The largest absolute Gasteiger partial charge is 0.345 e. The normalized spacial score (nSPS) is 22.6. The standard InChI is InChI=1S/C19H27N3O2.ClH/c1-20-13-17(23)22-10-8-19(9-11-22)12-16(18(24)21(2)14-19)15-6-4-3-5-7-15;/h3-7,16,20H,8-14H2,1-2H3;1H. The van der Waals surface area contributed by atoms with E-state index in [2.05, 4.69) is 17.4 Å². The quantitative estimate of drug-likeness (QED) is 0.889. The second-order valence-electron chi connectivity index (χ2n) is 7.27. The van der Waals surface area contributed by atoms with Crippen LogP contribution >= 0.6 is 12.4 Å². The molecule has 0 saturated carbocycles. The van der Waals surface area contributed by atoms with Gasteiger partial charge in [0.15, 0.2) is 0 Å². The zero-order valence-corrected chi connectivity index (χ0v) is 15.8. The van der Waals surface area contributed by atoms with E-state index in [-0.39, 0.29) is 35.6 Å². The van der Waals surface area contributed by atoms with Gasteiger partial charge in [0.05, 0.1) is 12.5 Å². The van der Waals surface area contributed by atoms with E-state index < -0.39 is 0 Å². The van der Waals surface area contributed by atoms with Gasteiger partial charge in [0.2, 0.25) is 11.8 Å². The highest BCUT2D eigenvalue weighted by atomic mass is 35.5. The van der Waals surface area contributed by atoms with Crippen molar-refractivity contribution in [2.75, 3.05) is 40.3 Å². The van der Waals surface area contributed by atoms with Gasteiger partial charge in [-0.15, -0.1) is 12.4 Å². The number of hydrogen-bond acceptors (Lipinski definition) is 3. The van der Waals surface area contributed by atoms with Crippen molar-refractivity contribution in [3.8, 4) is 0 Å². The van der Waals surface area contributed by atoms with Gasteiger partial charge in [-0.25, -0.2) is 0 Å². The Morgan fingerprint density at radius 3 is 2.48 bits per heavy atom. The van der Waals surface area contributed by atoms with E-state index in [0.29, 0.717) is 6.54 Å². The molecule has 2 heterocycles. The molecular formula is C19H28ClN3O2. The number of rotatable bonds is 3. The molecule has 2 aliphatic heterocycles. The van der Waals surface area contributed by atoms with Crippen LogP contribution in [-0.4, -0.2) is 61.9 Å². The average Bonchev–Trinajstić information content (AvgIpc) is 2.60. The van der Waals surface area contributed by atoms with Crippen molar-refractivity contribution in [3.63, 3.8) is 0 Å². The molecule has 2 aliphatic rings. The first-order valence-corrected chi connectivity index (χ1v) is 8.77. The molecular weight excluding hydrogens is 338 g/mol. The third-order valence-electron chi connectivity index (χ3n) is 5.59. The maximum absolute atomic E-state index is 12.7. The lowest BCUT2D eigenvalue weighted by Crippen LogP contribution is -2.54. The van der Waals surface area contributed by atoms with Crippen molar-refractivity contribution >= 4 is 24.2 Å². The van der Waals surface area contributed by atoms with Crippen LogP contribution in [0.15, 0.2) is 30.3 Å². The summed E-state index contributed by atoms with van der Waals surface area (Å²) in [4.78, 5) is 28.6. The Hall–Kier alpha value is -1.59. The average molecular weight is 366 g/mol. The molecule has 25 heavy (non-hydrogen) atoms. The van der Waals surface area contributed by atoms with E-state index in [0.717, 1.165) is 44.5 Å². The van der Waals surface area contributed by atoms with Crippen LogP contribution in [0.25, 0.3) is 0 Å². The van der Waals surface area contributed by atoms with Gasteiger partial charge in [-0.05, 0) is 37.3 Å². The molecule has 1 atom stereocenters. The minimum absolute atomic E-state index is 0. The number of halogens is 1. The summed E-state index contributed by atoms with van der Waals surface area (Å²) < 4.78 is 0. The zero-order chi connectivity index (χ0) is 17.2. The molecule has 2 saturated heterocycles. The van der Waals surface area contributed by atoms with Crippen LogP contribution in [0.3, 0.4) is 0 Å². The van der Waals surface area contributed by atoms with Crippen LogP contribution in [0.4, 0.5) is 0 Å². The molecule has 1 N–H and O–H groups in total. The Morgan fingerprint density at radius 1 is 1.24 bits per heavy atom. The topological polar surface area (TPSA) is 52.7 Å². The second-order valence-corrected chi connectivity index (χ2v) is 7.27. The third kappa shape index (κ3) is 4.15. The molecule has 0 bridgehead atoms. The molecule has 1 aromatic carbocycles. The highest BCUT2D eigenvalue weighted by Crippen LogP contribution is 2.45. The fraction of sp³-hybridized carbons (Fsp3) is 0.579. The minimum Gasteiger partial charge on any atom is -0.345 e. The Bertz CT molecular complexity index is 600. The minimum atomic E-state index is -0.0514. The maximum atomic E-state index is 12.7. The Morgan fingerprint density at radius 2 is 1.88 bits per heavy atom. The number of carbonyl (C=O) groups excluding carboxylic acids is 2. The summed E-state index contributed by atoms with van der Waals surface area (Å²) in [7, 11) is 3.72. The second kappa shape index (κ2) is 8.19. The van der Waals surface area contributed by atoms with Gasteiger partial charge in [-0.3, -0.25) is 9.59 Å². The molecule has 138 valence electrons. The molecule has 5 nitrogen and oxygen atoms in total. The fourth-order valence-corrected chi connectivity index (χ4v) is 4.23. The van der Waals surface area contributed by atoms with Gasteiger partial charge in [-0.1, -0.05) is 30.3 Å². The van der Waals surface area contributed by atoms with Gasteiger partial charge in [0.1, 0.15) is 0 Å². The lowest BCUT2D eigenvalue weighted by Gasteiger charge is -2.49. The Labute approximate surface area is 156 Å². The highest BCUT2D eigenvalue weighted by Gasteiger charge is 2.45. The lowest BCUT2D eigenvalue weighted by molar-refractivity contribution is -0.142. The predicted molar refractivity (Wildman–Crippen MR) is 101 cm³/mol. The number of likely N-dealkylation sites (N-methyl/N-ethyl adjacent to an activating group) is 2. The number of likely N-dealkylation sites (tertiary alicyclic amines) is 2. The first kappa shape index (κ1) is 19.7.